The molecule has 1 aliphatic rings. The van der Waals surface area contributed by atoms with E-state index in [1.807, 2.05) is 41.1 Å². The molecule has 2 aromatic heterocycles. The Morgan fingerprint density at radius 2 is 2.28 bits per heavy atom. The van der Waals surface area contributed by atoms with Crippen LogP contribution in [0.2, 0.25) is 0 Å². The summed E-state index contributed by atoms with van der Waals surface area (Å²) in [6, 6.07) is 2.51. The van der Waals surface area contributed by atoms with Gasteiger partial charge in [-0.1, -0.05) is 0 Å². The molecule has 0 radical (unpaired) electrons. The monoisotopic (exact) mass is 245 g/mol. The number of hydrogen-bond acceptors (Lipinski definition) is 3. The Bertz CT molecular complexity index is 487. The van der Waals surface area contributed by atoms with Crippen LogP contribution in [0.15, 0.2) is 30.9 Å². The Hall–Kier alpha value is -1.62. The van der Waals surface area contributed by atoms with Crippen LogP contribution in [0, 0.1) is 0 Å². The molecule has 0 aliphatic carbocycles. The van der Waals surface area contributed by atoms with Gasteiger partial charge in [-0.05, 0) is 25.5 Å². The van der Waals surface area contributed by atoms with Crippen molar-refractivity contribution in [3.05, 3.63) is 36.4 Å². The molecule has 1 fully saturated rings. The van der Waals surface area contributed by atoms with Crippen molar-refractivity contribution in [3.8, 4) is 0 Å². The molecule has 1 atom stereocenters. The van der Waals surface area contributed by atoms with Crippen molar-refractivity contribution < 1.29 is 0 Å². The summed E-state index contributed by atoms with van der Waals surface area (Å²) in [4.78, 5) is 2.54. The molecule has 1 saturated heterocycles. The zero-order chi connectivity index (χ0) is 12.4. The molecule has 3 heterocycles. The van der Waals surface area contributed by atoms with Crippen LogP contribution in [0.5, 0.6) is 0 Å². The van der Waals surface area contributed by atoms with Gasteiger partial charge in [0.25, 0.3) is 0 Å². The van der Waals surface area contributed by atoms with Crippen molar-refractivity contribution in [2.75, 3.05) is 13.1 Å². The summed E-state index contributed by atoms with van der Waals surface area (Å²) < 4.78 is 3.89. The number of nitrogens with zero attached hydrogens (tertiary/aromatic N) is 5. The smallest absolute Gasteiger partial charge is 0.0537 e. The third-order valence-corrected chi connectivity index (χ3v) is 3.65. The molecule has 0 amide bonds. The van der Waals surface area contributed by atoms with Crippen molar-refractivity contribution in [3.63, 3.8) is 0 Å². The van der Waals surface area contributed by atoms with Crippen molar-refractivity contribution in [2.24, 2.45) is 7.05 Å². The molecule has 0 unspecified atom stereocenters. The molecule has 2 aromatic rings. The van der Waals surface area contributed by atoms with E-state index in [2.05, 4.69) is 21.3 Å². The minimum Gasteiger partial charge on any atom is -0.294 e. The highest BCUT2D eigenvalue weighted by Crippen LogP contribution is 2.31. The third-order valence-electron chi connectivity index (χ3n) is 3.65. The van der Waals surface area contributed by atoms with Gasteiger partial charge in [0.2, 0.25) is 0 Å². The quantitative estimate of drug-likeness (QED) is 0.818. The molecule has 0 bridgehead atoms. The Kier molecular flexibility index (Phi) is 3.15. The molecule has 0 aromatic carbocycles. The zero-order valence-corrected chi connectivity index (χ0v) is 10.7. The lowest BCUT2D eigenvalue weighted by Crippen LogP contribution is -2.27. The zero-order valence-electron chi connectivity index (χ0n) is 10.7. The molecule has 0 N–H and O–H groups in total. The van der Waals surface area contributed by atoms with Crippen LogP contribution in [0.1, 0.15) is 24.4 Å². The summed E-state index contributed by atoms with van der Waals surface area (Å²) in [5.74, 6) is 0. The molecular formula is C13H19N5. The number of hydrogen-bond donors (Lipinski definition) is 0. The van der Waals surface area contributed by atoms with E-state index in [1.54, 1.807) is 0 Å². The topological polar surface area (TPSA) is 38.9 Å². The minimum atomic E-state index is 0.536. The van der Waals surface area contributed by atoms with E-state index in [9.17, 15) is 0 Å². The second-order valence-electron chi connectivity index (χ2n) is 4.91. The Labute approximate surface area is 107 Å². The maximum absolute atomic E-state index is 4.28. The van der Waals surface area contributed by atoms with Gasteiger partial charge in [0.05, 0.1) is 12.7 Å². The molecular weight excluding hydrogens is 226 g/mol. The number of aromatic nitrogens is 4. The number of likely N-dealkylation sites (tertiary alicyclic amines) is 1. The number of rotatable bonds is 4. The van der Waals surface area contributed by atoms with Crippen molar-refractivity contribution in [2.45, 2.75) is 25.4 Å². The summed E-state index contributed by atoms with van der Waals surface area (Å²) in [7, 11) is 1.98. The molecule has 1 aliphatic heterocycles. The van der Waals surface area contributed by atoms with E-state index < -0.39 is 0 Å². The first-order valence-electron chi connectivity index (χ1n) is 6.53. The average Bonchev–Trinajstić information content (AvgIpc) is 3.07. The molecule has 18 heavy (non-hydrogen) atoms. The lowest BCUT2D eigenvalue weighted by atomic mass is 10.1. The highest BCUT2D eigenvalue weighted by Gasteiger charge is 2.26. The van der Waals surface area contributed by atoms with Gasteiger partial charge in [-0.25, -0.2) is 0 Å². The van der Waals surface area contributed by atoms with Crippen molar-refractivity contribution >= 4 is 0 Å². The van der Waals surface area contributed by atoms with Gasteiger partial charge in [-0.3, -0.25) is 14.3 Å². The van der Waals surface area contributed by atoms with Crippen LogP contribution < -0.4 is 0 Å². The van der Waals surface area contributed by atoms with E-state index in [4.69, 9.17) is 0 Å². The van der Waals surface area contributed by atoms with Gasteiger partial charge in [0, 0.05) is 43.8 Å². The largest absolute Gasteiger partial charge is 0.294 e. The Morgan fingerprint density at radius 1 is 1.33 bits per heavy atom. The lowest BCUT2D eigenvalue weighted by molar-refractivity contribution is 0.243. The first kappa shape index (κ1) is 11.5. The van der Waals surface area contributed by atoms with Crippen LogP contribution >= 0.6 is 0 Å². The van der Waals surface area contributed by atoms with Gasteiger partial charge in [-0.15, -0.1) is 0 Å². The highest BCUT2D eigenvalue weighted by molar-refractivity contribution is 5.12. The average molecular weight is 245 g/mol. The van der Waals surface area contributed by atoms with E-state index >= 15 is 0 Å². The number of aryl methyl sites for hydroxylation is 1. The van der Waals surface area contributed by atoms with Crippen LogP contribution in [-0.2, 0) is 13.6 Å². The van der Waals surface area contributed by atoms with Gasteiger partial charge < -0.3 is 0 Å². The summed E-state index contributed by atoms with van der Waals surface area (Å²) >= 11 is 0. The standard InChI is InChI=1S/C13H19N5/c1-16-11-12(10-15-16)13-4-2-6-17(13)8-9-18-7-3-5-14-18/h3,5,7,10-11,13H,2,4,6,8-9H2,1H3/t13-/m1/s1. The fourth-order valence-corrected chi connectivity index (χ4v) is 2.75. The summed E-state index contributed by atoms with van der Waals surface area (Å²) in [5.41, 5.74) is 1.34. The maximum atomic E-state index is 4.28. The molecule has 5 heteroatoms. The highest BCUT2D eigenvalue weighted by atomic mass is 15.3. The summed E-state index contributed by atoms with van der Waals surface area (Å²) in [5, 5.41) is 8.53. The van der Waals surface area contributed by atoms with E-state index in [1.165, 1.54) is 24.9 Å². The van der Waals surface area contributed by atoms with Crippen molar-refractivity contribution in [1.82, 2.24) is 24.5 Å². The Balaban J connectivity index is 1.64. The maximum Gasteiger partial charge on any atom is 0.0537 e. The molecule has 0 saturated carbocycles. The van der Waals surface area contributed by atoms with Gasteiger partial charge in [0.15, 0.2) is 0 Å². The first-order valence-corrected chi connectivity index (χ1v) is 6.53. The minimum absolute atomic E-state index is 0.536. The van der Waals surface area contributed by atoms with E-state index in [0.717, 1.165) is 13.1 Å². The molecule has 96 valence electrons. The van der Waals surface area contributed by atoms with E-state index in [0.29, 0.717) is 6.04 Å². The summed E-state index contributed by atoms with van der Waals surface area (Å²) in [6.45, 7) is 3.20. The molecule has 3 rings (SSSR count). The van der Waals surface area contributed by atoms with Gasteiger partial charge in [-0.2, -0.15) is 10.2 Å². The van der Waals surface area contributed by atoms with Crippen LogP contribution in [-0.4, -0.2) is 37.6 Å². The normalized spacial score (nSPS) is 20.6. The van der Waals surface area contributed by atoms with Crippen LogP contribution in [0.25, 0.3) is 0 Å². The third kappa shape index (κ3) is 2.31. The van der Waals surface area contributed by atoms with Crippen molar-refractivity contribution in [1.29, 1.82) is 0 Å². The Morgan fingerprint density at radius 3 is 3.00 bits per heavy atom. The second-order valence-corrected chi connectivity index (χ2v) is 4.91. The van der Waals surface area contributed by atoms with Crippen LogP contribution in [0.4, 0.5) is 0 Å². The van der Waals surface area contributed by atoms with Gasteiger partial charge in [0.1, 0.15) is 0 Å². The van der Waals surface area contributed by atoms with Crippen LogP contribution in [0.3, 0.4) is 0 Å². The fraction of sp³-hybridized carbons (Fsp3) is 0.538. The lowest BCUT2D eigenvalue weighted by Gasteiger charge is -2.23. The second kappa shape index (κ2) is 4.94. The first-order chi connectivity index (χ1) is 8.83. The summed E-state index contributed by atoms with van der Waals surface area (Å²) in [6.07, 6.45) is 10.5. The molecule has 5 nitrogen and oxygen atoms in total. The predicted octanol–water partition coefficient (Wildman–Crippen LogP) is 1.45. The molecule has 0 spiro atoms. The predicted molar refractivity (Wildman–Crippen MR) is 69.0 cm³/mol. The SMILES string of the molecule is Cn1cc([C@H]2CCCN2CCn2cccn2)cn1. The fourth-order valence-electron chi connectivity index (χ4n) is 2.75. The van der Waals surface area contributed by atoms with Gasteiger partial charge >= 0.3 is 0 Å². The van der Waals surface area contributed by atoms with E-state index in [-0.39, 0.29) is 0 Å².